The van der Waals surface area contributed by atoms with Crippen LogP contribution in [0.15, 0.2) is 23.0 Å². The lowest BCUT2D eigenvalue weighted by Crippen LogP contribution is -2.40. The van der Waals surface area contributed by atoms with Gasteiger partial charge >= 0.3 is 0 Å². The van der Waals surface area contributed by atoms with Gasteiger partial charge in [-0.3, -0.25) is 13.8 Å². The van der Waals surface area contributed by atoms with Crippen molar-refractivity contribution in [1.82, 2.24) is 10.3 Å². The standard InChI is InChI=1S/C11H14N2O3S/c14-10-3-1-2-9(13-10)11(15)12-8-4-6-17(16)7-5-8/h1-3,8H,4-7H2,(H,12,15)(H,13,14). The zero-order chi connectivity index (χ0) is 12.3. The summed E-state index contributed by atoms with van der Waals surface area (Å²) in [5.74, 6) is 0.993. The highest BCUT2D eigenvalue weighted by molar-refractivity contribution is 7.85. The van der Waals surface area contributed by atoms with Crippen LogP contribution in [0.5, 0.6) is 0 Å². The van der Waals surface area contributed by atoms with Crippen molar-refractivity contribution in [3.05, 3.63) is 34.2 Å². The molecule has 1 saturated heterocycles. The van der Waals surface area contributed by atoms with Crippen LogP contribution in [0.1, 0.15) is 23.3 Å². The number of nitrogens with one attached hydrogen (secondary N) is 2. The van der Waals surface area contributed by atoms with Crippen LogP contribution in [0.25, 0.3) is 0 Å². The predicted octanol–water partition coefficient (Wildman–Crippen LogP) is 0.0158. The fraction of sp³-hybridized carbons (Fsp3) is 0.455. The Kier molecular flexibility index (Phi) is 3.73. The maximum absolute atomic E-state index is 11.8. The fourth-order valence-electron chi connectivity index (χ4n) is 1.78. The van der Waals surface area contributed by atoms with E-state index in [9.17, 15) is 13.8 Å². The Morgan fingerprint density at radius 2 is 2.06 bits per heavy atom. The summed E-state index contributed by atoms with van der Waals surface area (Å²) in [6.45, 7) is 0. The third-order valence-electron chi connectivity index (χ3n) is 2.74. The van der Waals surface area contributed by atoms with Crippen LogP contribution in [-0.4, -0.2) is 32.6 Å². The Labute approximate surface area is 101 Å². The van der Waals surface area contributed by atoms with Crippen LogP contribution in [0.2, 0.25) is 0 Å². The lowest BCUT2D eigenvalue weighted by Gasteiger charge is -2.22. The summed E-state index contributed by atoms with van der Waals surface area (Å²) < 4.78 is 11.2. The first-order valence-electron chi connectivity index (χ1n) is 5.50. The molecule has 1 aliphatic heterocycles. The Morgan fingerprint density at radius 1 is 1.35 bits per heavy atom. The molecule has 1 fully saturated rings. The van der Waals surface area contributed by atoms with E-state index in [4.69, 9.17) is 0 Å². The maximum atomic E-state index is 11.8. The summed E-state index contributed by atoms with van der Waals surface area (Å²) in [6, 6.07) is 4.53. The molecule has 92 valence electrons. The van der Waals surface area contributed by atoms with Gasteiger partial charge in [0.15, 0.2) is 0 Å². The zero-order valence-electron chi connectivity index (χ0n) is 9.27. The molecule has 17 heavy (non-hydrogen) atoms. The summed E-state index contributed by atoms with van der Waals surface area (Å²) >= 11 is 0. The van der Waals surface area contributed by atoms with Crippen molar-refractivity contribution in [2.24, 2.45) is 0 Å². The molecule has 2 N–H and O–H groups in total. The van der Waals surface area contributed by atoms with E-state index in [1.165, 1.54) is 6.07 Å². The number of aromatic nitrogens is 1. The molecule has 6 heteroatoms. The highest BCUT2D eigenvalue weighted by Gasteiger charge is 2.20. The van der Waals surface area contributed by atoms with Crippen molar-refractivity contribution in [2.75, 3.05) is 11.5 Å². The number of hydrogen-bond acceptors (Lipinski definition) is 3. The van der Waals surface area contributed by atoms with Crippen LogP contribution >= 0.6 is 0 Å². The van der Waals surface area contributed by atoms with E-state index in [2.05, 4.69) is 10.3 Å². The lowest BCUT2D eigenvalue weighted by atomic mass is 10.1. The van der Waals surface area contributed by atoms with Crippen LogP contribution in [0.4, 0.5) is 0 Å². The predicted molar refractivity (Wildman–Crippen MR) is 65.4 cm³/mol. The first kappa shape index (κ1) is 12.0. The molecule has 2 rings (SSSR count). The van der Waals surface area contributed by atoms with Crippen LogP contribution < -0.4 is 10.9 Å². The molecule has 0 saturated carbocycles. The smallest absolute Gasteiger partial charge is 0.268 e. The van der Waals surface area contributed by atoms with E-state index < -0.39 is 10.8 Å². The first-order valence-corrected chi connectivity index (χ1v) is 6.99. The molecule has 5 nitrogen and oxygen atoms in total. The van der Waals surface area contributed by atoms with E-state index in [0.717, 1.165) is 12.8 Å². The minimum Gasteiger partial charge on any atom is -0.348 e. The quantitative estimate of drug-likeness (QED) is 0.780. The second-order valence-electron chi connectivity index (χ2n) is 4.02. The number of aromatic amines is 1. The van der Waals surface area contributed by atoms with Gasteiger partial charge in [-0.05, 0) is 18.9 Å². The third kappa shape index (κ3) is 3.26. The van der Waals surface area contributed by atoms with Gasteiger partial charge in [0.2, 0.25) is 5.56 Å². The van der Waals surface area contributed by atoms with Gasteiger partial charge in [0.1, 0.15) is 5.69 Å². The highest BCUT2D eigenvalue weighted by atomic mass is 32.2. The topological polar surface area (TPSA) is 79.0 Å². The molecule has 0 aliphatic carbocycles. The van der Waals surface area contributed by atoms with Gasteiger partial charge < -0.3 is 10.3 Å². The van der Waals surface area contributed by atoms with Crippen molar-refractivity contribution in [3.63, 3.8) is 0 Å². The Hall–Kier alpha value is -1.43. The van der Waals surface area contributed by atoms with Crippen molar-refractivity contribution in [1.29, 1.82) is 0 Å². The summed E-state index contributed by atoms with van der Waals surface area (Å²) in [4.78, 5) is 25.3. The summed E-state index contributed by atoms with van der Waals surface area (Å²) in [5, 5.41) is 2.84. The highest BCUT2D eigenvalue weighted by Crippen LogP contribution is 2.09. The number of hydrogen-bond donors (Lipinski definition) is 2. The molecular formula is C11H14N2O3S. The Morgan fingerprint density at radius 3 is 2.71 bits per heavy atom. The Balaban J connectivity index is 1.97. The maximum Gasteiger partial charge on any atom is 0.268 e. The average molecular weight is 254 g/mol. The number of carbonyl (C=O) groups excluding carboxylic acids is 1. The van der Waals surface area contributed by atoms with Gasteiger partial charge in [0.25, 0.3) is 5.91 Å². The fourth-order valence-corrected chi connectivity index (χ4v) is 3.08. The summed E-state index contributed by atoms with van der Waals surface area (Å²) in [5.41, 5.74) is -0.0217. The van der Waals surface area contributed by atoms with E-state index in [0.29, 0.717) is 11.5 Å². The van der Waals surface area contributed by atoms with Crippen LogP contribution in [-0.2, 0) is 10.8 Å². The number of pyridine rings is 1. The van der Waals surface area contributed by atoms with E-state index >= 15 is 0 Å². The van der Waals surface area contributed by atoms with Gasteiger partial charge in [-0.1, -0.05) is 6.07 Å². The van der Waals surface area contributed by atoms with E-state index in [1.54, 1.807) is 12.1 Å². The van der Waals surface area contributed by atoms with Gasteiger partial charge in [0.05, 0.1) is 0 Å². The zero-order valence-corrected chi connectivity index (χ0v) is 10.1. The lowest BCUT2D eigenvalue weighted by molar-refractivity contribution is 0.0929. The normalized spacial score (nSPS) is 24.2. The SMILES string of the molecule is O=C(NC1CCS(=O)CC1)c1cccc(=O)[nH]1. The van der Waals surface area contributed by atoms with Gasteiger partial charge in [-0.15, -0.1) is 0 Å². The number of H-pyrrole nitrogens is 1. The molecular weight excluding hydrogens is 240 g/mol. The molecule has 0 atom stereocenters. The van der Waals surface area contributed by atoms with Gasteiger partial charge in [-0.25, -0.2) is 0 Å². The summed E-state index contributed by atoms with van der Waals surface area (Å²) in [7, 11) is -0.733. The molecule has 0 spiro atoms. The molecule has 2 heterocycles. The largest absolute Gasteiger partial charge is 0.348 e. The van der Waals surface area contributed by atoms with Crippen LogP contribution in [0.3, 0.4) is 0 Å². The first-order chi connectivity index (χ1) is 8.15. The van der Waals surface area contributed by atoms with Gasteiger partial charge in [-0.2, -0.15) is 0 Å². The van der Waals surface area contributed by atoms with E-state index in [1.807, 2.05) is 0 Å². The number of amides is 1. The third-order valence-corrected chi connectivity index (χ3v) is 4.12. The monoisotopic (exact) mass is 254 g/mol. The summed E-state index contributed by atoms with van der Waals surface area (Å²) in [6.07, 6.45) is 1.46. The van der Waals surface area contributed by atoms with E-state index in [-0.39, 0.29) is 23.2 Å². The van der Waals surface area contributed by atoms with Crippen molar-refractivity contribution in [3.8, 4) is 0 Å². The number of carbonyl (C=O) groups is 1. The molecule has 0 unspecified atom stereocenters. The average Bonchev–Trinajstić information content (AvgIpc) is 2.32. The molecule has 0 bridgehead atoms. The second kappa shape index (κ2) is 5.27. The molecule has 0 aromatic carbocycles. The van der Waals surface area contributed by atoms with Crippen molar-refractivity contribution >= 4 is 16.7 Å². The van der Waals surface area contributed by atoms with Crippen molar-refractivity contribution in [2.45, 2.75) is 18.9 Å². The minimum atomic E-state index is -0.733. The molecule has 1 aromatic rings. The second-order valence-corrected chi connectivity index (χ2v) is 5.72. The molecule has 1 aliphatic rings. The molecule has 1 amide bonds. The van der Waals surface area contributed by atoms with Gasteiger partial charge in [0, 0.05) is 34.4 Å². The van der Waals surface area contributed by atoms with Crippen molar-refractivity contribution < 1.29 is 9.00 Å². The molecule has 1 aromatic heterocycles. The van der Waals surface area contributed by atoms with Crippen LogP contribution in [0, 0.1) is 0 Å². The number of rotatable bonds is 2. The molecule has 0 radical (unpaired) electrons. The minimum absolute atomic E-state index is 0.0592. The Bertz CT molecular complexity index is 487.